The monoisotopic (exact) mass is 487 g/mol. The van der Waals surface area contributed by atoms with Gasteiger partial charge in [-0.25, -0.2) is 13.4 Å². The normalized spacial score (nSPS) is 16.9. The van der Waals surface area contributed by atoms with E-state index in [-0.39, 0.29) is 42.6 Å². The van der Waals surface area contributed by atoms with E-state index < -0.39 is 15.9 Å². The first-order chi connectivity index (χ1) is 16.9. The zero-order chi connectivity index (χ0) is 24.4. The maximum atomic E-state index is 13.2. The molecule has 178 valence electrons. The summed E-state index contributed by atoms with van der Waals surface area (Å²) in [5.41, 5.74) is 3.54. The molecule has 35 heavy (non-hydrogen) atoms. The fourth-order valence-corrected chi connectivity index (χ4v) is 5.73. The molecule has 1 atom stereocenters. The number of carbonyl (C=O) groups excluding carboxylic acids is 1. The first kappa shape index (κ1) is 22.9. The van der Waals surface area contributed by atoms with Crippen molar-refractivity contribution in [2.75, 3.05) is 13.1 Å². The molecule has 4 aromatic rings. The zero-order valence-electron chi connectivity index (χ0n) is 19.0. The number of nitrogens with zero attached hydrogens (tertiary/aromatic N) is 3. The maximum absolute atomic E-state index is 13.2. The van der Waals surface area contributed by atoms with Crippen LogP contribution in [0.15, 0.2) is 90.1 Å². The van der Waals surface area contributed by atoms with E-state index in [4.69, 9.17) is 5.41 Å². The SMILES string of the molecule is N=C1CN(S(=O)(=O)c2ccc(-c3ccccc3)cc2)CCC1C(=O)NCc1cn2ccccc2n1. The molecule has 0 spiro atoms. The molecule has 1 aliphatic heterocycles. The summed E-state index contributed by atoms with van der Waals surface area (Å²) < 4.78 is 29.5. The molecular formula is C26H25N5O3S. The number of aromatic nitrogens is 2. The van der Waals surface area contributed by atoms with Crippen molar-refractivity contribution in [3.63, 3.8) is 0 Å². The first-order valence-corrected chi connectivity index (χ1v) is 12.8. The molecule has 2 aromatic carbocycles. The summed E-state index contributed by atoms with van der Waals surface area (Å²) in [5, 5.41) is 11.2. The fraction of sp³-hybridized carbons (Fsp3) is 0.192. The molecule has 0 bridgehead atoms. The van der Waals surface area contributed by atoms with Crippen LogP contribution in [-0.2, 0) is 21.4 Å². The Morgan fingerprint density at radius 2 is 1.71 bits per heavy atom. The van der Waals surface area contributed by atoms with Gasteiger partial charge in [0, 0.05) is 24.7 Å². The lowest BCUT2D eigenvalue weighted by molar-refractivity contribution is -0.123. The lowest BCUT2D eigenvalue weighted by atomic mass is 9.95. The van der Waals surface area contributed by atoms with Crippen molar-refractivity contribution in [1.82, 2.24) is 19.0 Å². The molecule has 1 fully saturated rings. The number of fused-ring (bicyclic) bond motifs is 1. The van der Waals surface area contributed by atoms with Crippen LogP contribution in [0.5, 0.6) is 0 Å². The lowest BCUT2D eigenvalue weighted by Crippen LogP contribution is -2.48. The Bertz CT molecular complexity index is 1450. The van der Waals surface area contributed by atoms with Crippen molar-refractivity contribution in [1.29, 1.82) is 5.41 Å². The van der Waals surface area contributed by atoms with Crippen LogP contribution < -0.4 is 5.32 Å². The van der Waals surface area contributed by atoms with Crippen LogP contribution in [0.25, 0.3) is 16.8 Å². The summed E-state index contributed by atoms with van der Waals surface area (Å²) in [5.74, 6) is -0.935. The van der Waals surface area contributed by atoms with Crippen molar-refractivity contribution < 1.29 is 13.2 Å². The molecule has 1 unspecified atom stereocenters. The third kappa shape index (κ3) is 4.73. The minimum atomic E-state index is -3.77. The van der Waals surface area contributed by atoms with E-state index in [2.05, 4.69) is 10.3 Å². The summed E-state index contributed by atoms with van der Waals surface area (Å²) >= 11 is 0. The van der Waals surface area contributed by atoms with Crippen LogP contribution in [0.1, 0.15) is 12.1 Å². The molecule has 0 radical (unpaired) electrons. The number of piperidine rings is 1. The Labute approximate surface area is 203 Å². The van der Waals surface area contributed by atoms with E-state index in [1.165, 1.54) is 4.31 Å². The van der Waals surface area contributed by atoms with Gasteiger partial charge in [0.25, 0.3) is 0 Å². The second kappa shape index (κ2) is 9.44. The number of imidazole rings is 1. The molecule has 1 amide bonds. The first-order valence-electron chi connectivity index (χ1n) is 11.3. The largest absolute Gasteiger partial charge is 0.350 e. The van der Waals surface area contributed by atoms with Crippen LogP contribution in [0, 0.1) is 11.3 Å². The van der Waals surface area contributed by atoms with Gasteiger partial charge < -0.3 is 15.1 Å². The molecule has 5 rings (SSSR count). The summed E-state index contributed by atoms with van der Waals surface area (Å²) in [6.45, 7) is 0.326. The predicted molar refractivity (Wildman–Crippen MR) is 134 cm³/mol. The standard InChI is InChI=1S/C26H25N5O3S/c27-24-18-31(35(33,34)22-11-9-20(10-12-22)19-6-2-1-3-7-19)15-13-23(24)26(32)28-16-21-17-30-14-5-4-8-25(30)29-21/h1-12,14,17,23,27H,13,15-16,18H2,(H,28,32). The molecular weight excluding hydrogens is 462 g/mol. The highest BCUT2D eigenvalue weighted by molar-refractivity contribution is 7.89. The van der Waals surface area contributed by atoms with E-state index >= 15 is 0 Å². The van der Waals surface area contributed by atoms with E-state index in [1.54, 1.807) is 24.3 Å². The van der Waals surface area contributed by atoms with Crippen molar-refractivity contribution >= 4 is 27.3 Å². The molecule has 0 aliphatic carbocycles. The smallest absolute Gasteiger partial charge is 0.243 e. The molecule has 2 N–H and O–H groups in total. The summed E-state index contributed by atoms with van der Waals surface area (Å²) in [7, 11) is -3.77. The molecule has 0 saturated carbocycles. The molecule has 9 heteroatoms. The minimum Gasteiger partial charge on any atom is -0.350 e. The van der Waals surface area contributed by atoms with Crippen LogP contribution in [0.2, 0.25) is 0 Å². The number of carbonyl (C=O) groups is 1. The number of sulfonamides is 1. The average molecular weight is 488 g/mol. The van der Waals surface area contributed by atoms with Crippen LogP contribution in [0.4, 0.5) is 0 Å². The highest BCUT2D eigenvalue weighted by Gasteiger charge is 2.35. The van der Waals surface area contributed by atoms with E-state index in [9.17, 15) is 13.2 Å². The number of benzene rings is 2. The number of hydrogen-bond donors (Lipinski definition) is 2. The van der Waals surface area contributed by atoms with Gasteiger partial charge in [0.15, 0.2) is 0 Å². The van der Waals surface area contributed by atoms with Gasteiger partial charge in [0.2, 0.25) is 15.9 Å². The third-order valence-electron chi connectivity index (χ3n) is 6.21. The Morgan fingerprint density at radius 1 is 1.00 bits per heavy atom. The molecule has 2 aromatic heterocycles. The predicted octanol–water partition coefficient (Wildman–Crippen LogP) is 3.35. The quantitative estimate of drug-likeness (QED) is 0.435. The number of rotatable bonds is 6. The van der Waals surface area contributed by atoms with Crippen molar-refractivity contribution in [2.24, 2.45) is 5.92 Å². The molecule has 3 heterocycles. The maximum Gasteiger partial charge on any atom is 0.243 e. The molecule has 8 nitrogen and oxygen atoms in total. The van der Waals surface area contributed by atoms with Crippen LogP contribution in [0.3, 0.4) is 0 Å². The second-order valence-electron chi connectivity index (χ2n) is 8.51. The Kier molecular flexibility index (Phi) is 6.19. The average Bonchev–Trinajstić information content (AvgIpc) is 3.31. The van der Waals surface area contributed by atoms with Crippen molar-refractivity contribution in [2.45, 2.75) is 17.9 Å². The summed E-state index contributed by atoms with van der Waals surface area (Å²) in [4.78, 5) is 17.4. The Balaban J connectivity index is 1.21. The van der Waals surface area contributed by atoms with Crippen LogP contribution >= 0.6 is 0 Å². The highest BCUT2D eigenvalue weighted by Crippen LogP contribution is 2.25. The third-order valence-corrected chi connectivity index (χ3v) is 8.07. The van der Waals surface area contributed by atoms with Crippen LogP contribution in [-0.4, -0.2) is 46.8 Å². The van der Waals surface area contributed by atoms with E-state index in [0.717, 1.165) is 22.5 Å². The van der Waals surface area contributed by atoms with Gasteiger partial charge in [0.05, 0.1) is 29.6 Å². The highest BCUT2D eigenvalue weighted by atomic mass is 32.2. The summed E-state index contributed by atoms with van der Waals surface area (Å²) in [6, 6.07) is 22.2. The Hall–Kier alpha value is -3.82. The molecule has 1 aliphatic rings. The number of nitrogens with one attached hydrogen (secondary N) is 2. The van der Waals surface area contributed by atoms with Gasteiger partial charge in [-0.05, 0) is 41.8 Å². The van der Waals surface area contributed by atoms with Gasteiger partial charge in [-0.15, -0.1) is 0 Å². The minimum absolute atomic E-state index is 0.0910. The second-order valence-corrected chi connectivity index (χ2v) is 10.4. The van der Waals surface area contributed by atoms with Crippen molar-refractivity contribution in [3.8, 4) is 11.1 Å². The molecule has 1 saturated heterocycles. The van der Waals surface area contributed by atoms with E-state index in [1.807, 2.05) is 65.3 Å². The lowest BCUT2D eigenvalue weighted by Gasteiger charge is -2.31. The fourth-order valence-electron chi connectivity index (χ4n) is 4.29. The number of hydrogen-bond acceptors (Lipinski definition) is 5. The number of amides is 1. The Morgan fingerprint density at radius 3 is 2.43 bits per heavy atom. The van der Waals surface area contributed by atoms with E-state index in [0.29, 0.717) is 0 Å². The zero-order valence-corrected chi connectivity index (χ0v) is 19.8. The van der Waals surface area contributed by atoms with Crippen molar-refractivity contribution in [3.05, 3.63) is 90.9 Å². The van der Waals surface area contributed by atoms with Gasteiger partial charge >= 0.3 is 0 Å². The van der Waals surface area contributed by atoms with Gasteiger partial charge in [-0.3, -0.25) is 4.79 Å². The van der Waals surface area contributed by atoms with Gasteiger partial charge in [-0.1, -0.05) is 48.5 Å². The topological polar surface area (TPSA) is 108 Å². The number of pyridine rings is 1. The van der Waals surface area contributed by atoms with Gasteiger partial charge in [0.1, 0.15) is 5.65 Å². The van der Waals surface area contributed by atoms with Gasteiger partial charge in [-0.2, -0.15) is 4.31 Å². The summed E-state index contributed by atoms with van der Waals surface area (Å²) in [6.07, 6.45) is 3.99.